The van der Waals surface area contributed by atoms with Gasteiger partial charge in [0, 0.05) is 31.7 Å². The van der Waals surface area contributed by atoms with Crippen LogP contribution in [0.1, 0.15) is 47.2 Å². The number of alkyl halides is 3. The Hall–Kier alpha value is -3.06. The molecule has 206 valence electrons. The topological polar surface area (TPSA) is 105 Å². The molecule has 1 aliphatic carbocycles. The number of ketones is 1. The van der Waals surface area contributed by atoms with Gasteiger partial charge in [0.05, 0.1) is 34.3 Å². The number of halogens is 5. The van der Waals surface area contributed by atoms with Crippen LogP contribution in [0.15, 0.2) is 35.5 Å². The average Bonchev–Trinajstić information content (AvgIpc) is 3.33. The highest BCUT2D eigenvalue weighted by Gasteiger charge is 2.39. The summed E-state index contributed by atoms with van der Waals surface area (Å²) in [5, 5.41) is 2.52. The van der Waals surface area contributed by atoms with Gasteiger partial charge in [-0.15, -0.1) is 0 Å². The van der Waals surface area contributed by atoms with Crippen LogP contribution in [0.4, 0.5) is 33.5 Å². The number of hydrogen-bond acceptors (Lipinski definition) is 6. The zero-order chi connectivity index (χ0) is 27.4. The lowest BCUT2D eigenvalue weighted by Crippen LogP contribution is -2.25. The third-order valence-corrected chi connectivity index (χ3v) is 7.56. The molecule has 1 aromatic heterocycles. The number of hydrogen-bond donors (Lipinski definition) is 4. The number of nitrogens with zero attached hydrogens (tertiary/aromatic N) is 1. The van der Waals surface area contributed by atoms with Gasteiger partial charge >= 0.3 is 6.18 Å². The number of rotatable bonds is 8. The van der Waals surface area contributed by atoms with Crippen LogP contribution in [0.5, 0.6) is 0 Å². The highest BCUT2D eigenvalue weighted by molar-refractivity contribution is 8.01. The van der Waals surface area contributed by atoms with Crippen LogP contribution in [0.2, 0.25) is 0 Å². The van der Waals surface area contributed by atoms with E-state index < -0.39 is 35.1 Å². The fourth-order valence-electron chi connectivity index (χ4n) is 4.42. The minimum absolute atomic E-state index is 0.0535. The molecule has 5 N–H and O–H groups in total. The molecule has 2 aromatic rings. The number of nitrogens with two attached hydrogens (primary N) is 1. The zero-order valence-electron chi connectivity index (χ0n) is 20.5. The Balaban J connectivity index is 1.56. The lowest BCUT2D eigenvalue weighted by Gasteiger charge is -2.24. The number of nitrogens with one attached hydrogen (secondary N) is 3. The summed E-state index contributed by atoms with van der Waals surface area (Å²) in [7, 11) is 1.60. The number of carbonyl (C=O) groups is 1. The number of benzene rings is 1. The summed E-state index contributed by atoms with van der Waals surface area (Å²) in [6.45, 7) is 1.07. The third kappa shape index (κ3) is 6.15. The predicted molar refractivity (Wildman–Crippen MR) is 138 cm³/mol. The summed E-state index contributed by atoms with van der Waals surface area (Å²) < 4.78 is 76.9. The van der Waals surface area contributed by atoms with Gasteiger partial charge in [-0.3, -0.25) is 9.79 Å². The Bertz CT molecular complexity index is 1220. The van der Waals surface area contributed by atoms with Gasteiger partial charge in [-0.05, 0) is 49.8 Å². The van der Waals surface area contributed by atoms with Crippen LogP contribution in [0.3, 0.4) is 0 Å². The Morgan fingerprint density at radius 1 is 1.13 bits per heavy atom. The predicted octanol–water partition coefficient (Wildman–Crippen LogP) is 5.41. The van der Waals surface area contributed by atoms with Gasteiger partial charge in [0.2, 0.25) is 5.78 Å². The maximum atomic E-state index is 15.4. The largest absolute Gasteiger partial charge is 0.395 e. The molecule has 0 spiro atoms. The van der Waals surface area contributed by atoms with Crippen molar-refractivity contribution in [1.82, 2.24) is 4.98 Å². The van der Waals surface area contributed by atoms with Gasteiger partial charge in [0.1, 0.15) is 17.5 Å². The quantitative estimate of drug-likeness (QED) is 0.0865. The van der Waals surface area contributed by atoms with E-state index >= 15 is 4.39 Å². The van der Waals surface area contributed by atoms with E-state index in [-0.39, 0.29) is 46.8 Å². The van der Waals surface area contributed by atoms with Crippen LogP contribution < -0.4 is 15.8 Å². The molecule has 1 saturated heterocycles. The molecule has 0 bridgehead atoms. The van der Waals surface area contributed by atoms with E-state index in [4.69, 9.17) is 10.5 Å². The average molecular weight is 558 g/mol. The molecule has 7 nitrogen and oxygen atoms in total. The second-order valence-corrected chi connectivity index (χ2v) is 10.1. The van der Waals surface area contributed by atoms with Crippen LogP contribution in [-0.4, -0.2) is 54.3 Å². The van der Waals surface area contributed by atoms with Gasteiger partial charge in [0.15, 0.2) is 5.82 Å². The van der Waals surface area contributed by atoms with E-state index in [0.29, 0.717) is 31.9 Å². The highest BCUT2D eigenvalue weighted by Crippen LogP contribution is 2.37. The summed E-state index contributed by atoms with van der Waals surface area (Å²) in [5.41, 5.74) is 5.46. The smallest absolute Gasteiger partial charge is 0.383 e. The van der Waals surface area contributed by atoms with Crippen molar-refractivity contribution in [2.45, 2.75) is 43.2 Å². The molecule has 2 atom stereocenters. The molecule has 4 rings (SSSR count). The summed E-state index contributed by atoms with van der Waals surface area (Å²) in [6.07, 6.45) is 0.967. The number of amidine groups is 1. The molecule has 1 fully saturated rings. The molecule has 1 aromatic carbocycles. The molecule has 1 aliphatic heterocycles. The monoisotopic (exact) mass is 557 g/mol. The molecule has 38 heavy (non-hydrogen) atoms. The van der Waals surface area contributed by atoms with E-state index in [2.05, 4.69) is 20.0 Å². The van der Waals surface area contributed by atoms with Crippen molar-refractivity contribution in [3.63, 3.8) is 0 Å². The summed E-state index contributed by atoms with van der Waals surface area (Å²) >= 11 is 0.991. The normalized spacial score (nSPS) is 20.9. The van der Waals surface area contributed by atoms with E-state index in [1.165, 1.54) is 12.3 Å². The van der Waals surface area contributed by atoms with E-state index in [1.807, 2.05) is 0 Å². The maximum absolute atomic E-state index is 15.4. The standard InChI is InChI=1S/C25H28F5N5O2S/c1-32-24-19(23(31)34-14-8-10-37-11-9-14)16(12-33-24)22(36)20-17(26)6-7-18(21(20)27)35-38-15-4-2-13(3-5-15)25(28,29)30/h2,4,6-7,12-15,32-33,35H,3,5,8-11H2,1H3,(H2,31,34). The number of aromatic nitrogens is 1. The molecule has 2 unspecified atom stereocenters. The van der Waals surface area contributed by atoms with Crippen molar-refractivity contribution in [1.29, 1.82) is 0 Å². The fourth-order valence-corrected chi connectivity index (χ4v) is 5.28. The first-order valence-electron chi connectivity index (χ1n) is 12.1. The molecule has 2 heterocycles. The molecule has 0 radical (unpaired) electrons. The Morgan fingerprint density at radius 3 is 2.50 bits per heavy atom. The van der Waals surface area contributed by atoms with Crippen LogP contribution >= 0.6 is 11.9 Å². The van der Waals surface area contributed by atoms with Crippen LogP contribution in [-0.2, 0) is 4.74 Å². The number of aliphatic imine (C=N–C) groups is 1. The molecular formula is C25H28F5N5O2S. The summed E-state index contributed by atoms with van der Waals surface area (Å²) in [6, 6.07) is 1.99. The number of allylic oxidation sites excluding steroid dienone is 1. The first-order valence-corrected chi connectivity index (χ1v) is 13.0. The second-order valence-electron chi connectivity index (χ2n) is 9.04. The van der Waals surface area contributed by atoms with Gasteiger partial charge in [0.25, 0.3) is 0 Å². The Labute approximate surface area is 220 Å². The highest BCUT2D eigenvalue weighted by atomic mass is 32.2. The number of ether oxygens (including phenoxy) is 1. The maximum Gasteiger partial charge on any atom is 0.395 e. The Kier molecular flexibility index (Phi) is 8.66. The van der Waals surface area contributed by atoms with Gasteiger partial charge in [-0.2, -0.15) is 13.2 Å². The first-order chi connectivity index (χ1) is 18.1. The summed E-state index contributed by atoms with van der Waals surface area (Å²) in [4.78, 5) is 20.8. The SMILES string of the molecule is CNc1[nH]cc(C(=O)c2c(F)ccc(NSC3C=CC(C(F)(F)F)CC3)c2F)c1C(N)=NC1CCOCC1. The van der Waals surface area contributed by atoms with Crippen molar-refractivity contribution in [3.05, 3.63) is 58.8 Å². The van der Waals surface area contributed by atoms with E-state index in [0.717, 1.165) is 30.2 Å². The minimum atomic E-state index is -4.30. The molecule has 13 heteroatoms. The van der Waals surface area contributed by atoms with Gasteiger partial charge < -0.3 is 25.5 Å². The van der Waals surface area contributed by atoms with Crippen molar-refractivity contribution in [3.8, 4) is 0 Å². The third-order valence-electron chi connectivity index (χ3n) is 6.52. The molecule has 0 saturated carbocycles. The zero-order valence-corrected chi connectivity index (χ0v) is 21.3. The lowest BCUT2D eigenvalue weighted by atomic mass is 9.95. The van der Waals surface area contributed by atoms with E-state index in [9.17, 15) is 22.4 Å². The summed E-state index contributed by atoms with van der Waals surface area (Å²) in [5.74, 6) is -4.20. The first kappa shape index (κ1) is 28.0. The van der Waals surface area contributed by atoms with Gasteiger partial charge in [-0.1, -0.05) is 12.2 Å². The number of aromatic amines is 1. The van der Waals surface area contributed by atoms with Crippen LogP contribution in [0, 0.1) is 17.6 Å². The lowest BCUT2D eigenvalue weighted by molar-refractivity contribution is -0.163. The van der Waals surface area contributed by atoms with Crippen molar-refractivity contribution in [2.24, 2.45) is 16.6 Å². The number of anilines is 2. The van der Waals surface area contributed by atoms with E-state index in [1.54, 1.807) is 7.05 Å². The second kappa shape index (κ2) is 11.8. The van der Waals surface area contributed by atoms with Gasteiger partial charge in [-0.25, -0.2) is 8.78 Å². The molecule has 2 aliphatic rings. The van der Waals surface area contributed by atoms with Crippen molar-refractivity contribution >= 4 is 35.1 Å². The van der Waals surface area contributed by atoms with Crippen LogP contribution in [0.25, 0.3) is 0 Å². The Morgan fingerprint density at radius 2 is 1.87 bits per heavy atom. The number of carbonyl (C=O) groups excluding carboxylic acids is 1. The van der Waals surface area contributed by atoms with Crippen molar-refractivity contribution < 1.29 is 31.5 Å². The number of H-pyrrole nitrogens is 1. The van der Waals surface area contributed by atoms with Crippen molar-refractivity contribution in [2.75, 3.05) is 30.3 Å². The molecular weight excluding hydrogens is 529 g/mol. The minimum Gasteiger partial charge on any atom is -0.383 e. The molecule has 0 amide bonds. The fraction of sp³-hybridized carbons (Fsp3) is 0.440.